The van der Waals surface area contributed by atoms with E-state index in [1.807, 2.05) is 35.2 Å². The van der Waals surface area contributed by atoms with Crippen molar-refractivity contribution in [3.8, 4) is 28.8 Å². The van der Waals surface area contributed by atoms with Crippen molar-refractivity contribution in [3.63, 3.8) is 0 Å². The van der Waals surface area contributed by atoms with Crippen LogP contribution < -0.4 is 14.8 Å². The molecule has 5 aromatic rings. The molecular formula is C37H38F2N6O5. The zero-order valence-electron chi connectivity index (χ0n) is 27.9. The van der Waals surface area contributed by atoms with E-state index in [0.29, 0.717) is 30.3 Å². The third kappa shape index (κ3) is 6.66. The zero-order valence-corrected chi connectivity index (χ0v) is 27.9. The van der Waals surface area contributed by atoms with Crippen LogP contribution in [0.15, 0.2) is 66.9 Å². The molecule has 1 unspecified atom stereocenters. The first-order valence-corrected chi connectivity index (χ1v) is 16.5. The summed E-state index contributed by atoms with van der Waals surface area (Å²) in [6.45, 7) is 5.65. The average molecular weight is 685 g/mol. The van der Waals surface area contributed by atoms with Crippen LogP contribution in [-0.2, 0) is 16.1 Å². The topological polar surface area (TPSA) is 114 Å². The number of rotatable bonds is 11. The quantitative estimate of drug-likeness (QED) is 0.185. The van der Waals surface area contributed by atoms with Gasteiger partial charge in [-0.25, -0.2) is 18.7 Å². The number of aromatic hydroxyl groups is 1. The van der Waals surface area contributed by atoms with Crippen molar-refractivity contribution in [1.82, 2.24) is 24.3 Å². The number of amides is 1. The smallest absolute Gasteiger partial charge is 0.230 e. The van der Waals surface area contributed by atoms with Crippen molar-refractivity contribution in [2.24, 2.45) is 0 Å². The van der Waals surface area contributed by atoms with E-state index in [1.54, 1.807) is 37.1 Å². The molecule has 0 radical (unpaired) electrons. The van der Waals surface area contributed by atoms with Gasteiger partial charge in [0.2, 0.25) is 11.8 Å². The Balaban J connectivity index is 1.17. The normalized spacial score (nSPS) is 16.7. The Kier molecular flexibility index (Phi) is 9.50. The van der Waals surface area contributed by atoms with Crippen LogP contribution in [0.3, 0.4) is 0 Å². The molecule has 7 rings (SSSR count). The first-order chi connectivity index (χ1) is 24.3. The molecule has 0 saturated carbocycles. The van der Waals surface area contributed by atoms with Gasteiger partial charge >= 0.3 is 0 Å². The van der Waals surface area contributed by atoms with E-state index in [-0.39, 0.29) is 52.4 Å². The number of halogens is 2. The van der Waals surface area contributed by atoms with E-state index in [1.165, 1.54) is 6.07 Å². The highest BCUT2D eigenvalue weighted by Gasteiger charge is 2.33. The van der Waals surface area contributed by atoms with E-state index in [9.17, 15) is 18.7 Å². The average Bonchev–Trinajstić information content (AvgIpc) is 3.66. The first kappa shape index (κ1) is 33.2. The lowest BCUT2D eigenvalue weighted by molar-refractivity contribution is -0.129. The fraction of sp³-hybridized carbons (Fsp3) is 0.324. The number of anilines is 2. The second-order valence-electron chi connectivity index (χ2n) is 12.4. The summed E-state index contributed by atoms with van der Waals surface area (Å²) in [5.41, 5.74) is 2.15. The minimum atomic E-state index is -0.813. The number of nitrogens with one attached hydrogen (secondary N) is 1. The molecule has 0 aliphatic carbocycles. The summed E-state index contributed by atoms with van der Waals surface area (Å²) >= 11 is 0. The number of hydrogen-bond acceptors (Lipinski definition) is 9. The summed E-state index contributed by atoms with van der Waals surface area (Å²) in [6, 6.07) is 16.4. The molecule has 2 aromatic heterocycles. The molecular weight excluding hydrogens is 646 g/mol. The number of benzene rings is 3. The molecule has 2 fully saturated rings. The maximum absolute atomic E-state index is 14.9. The van der Waals surface area contributed by atoms with Gasteiger partial charge in [0, 0.05) is 56.2 Å². The van der Waals surface area contributed by atoms with Crippen LogP contribution in [0.25, 0.3) is 22.3 Å². The Morgan fingerprint density at radius 3 is 2.44 bits per heavy atom. The van der Waals surface area contributed by atoms with E-state index in [2.05, 4.69) is 20.2 Å². The molecule has 13 heteroatoms. The third-order valence-corrected chi connectivity index (χ3v) is 9.40. The highest BCUT2D eigenvalue weighted by Crippen LogP contribution is 2.38. The summed E-state index contributed by atoms with van der Waals surface area (Å²) in [4.78, 5) is 26.6. The summed E-state index contributed by atoms with van der Waals surface area (Å²) in [5.74, 6) is -0.739. The second-order valence-corrected chi connectivity index (χ2v) is 12.4. The van der Waals surface area contributed by atoms with Gasteiger partial charge in [0.25, 0.3) is 0 Å². The predicted octanol–water partition coefficient (Wildman–Crippen LogP) is 5.54. The summed E-state index contributed by atoms with van der Waals surface area (Å²) in [7, 11) is 3.11. The van der Waals surface area contributed by atoms with Crippen molar-refractivity contribution in [2.75, 3.05) is 65.5 Å². The monoisotopic (exact) mass is 684 g/mol. The lowest BCUT2D eigenvalue weighted by Gasteiger charge is -2.28. The SMILES string of the molecule is COc1ccc(Cn2cc3nc(-c4c(F)cccc4F)nc(Nc4ccc(C5CCN(CCN6CCOCC6)C5=O)cc4)c3c2O)c(OC)c1. The minimum absolute atomic E-state index is 0.118. The van der Waals surface area contributed by atoms with Gasteiger partial charge in [-0.15, -0.1) is 0 Å². The Labute approximate surface area is 288 Å². The molecule has 2 saturated heterocycles. The van der Waals surface area contributed by atoms with Crippen LogP contribution in [0, 0.1) is 11.6 Å². The van der Waals surface area contributed by atoms with Crippen molar-refractivity contribution in [3.05, 3.63) is 89.6 Å². The Morgan fingerprint density at radius 2 is 1.72 bits per heavy atom. The molecule has 2 N–H and O–H groups in total. The maximum Gasteiger partial charge on any atom is 0.230 e. The molecule has 2 aliphatic rings. The van der Waals surface area contributed by atoms with Crippen molar-refractivity contribution in [2.45, 2.75) is 18.9 Å². The number of fused-ring (bicyclic) bond motifs is 1. The lowest BCUT2D eigenvalue weighted by atomic mass is 9.97. The van der Waals surface area contributed by atoms with Crippen LogP contribution in [-0.4, -0.2) is 95.5 Å². The van der Waals surface area contributed by atoms with Crippen LogP contribution in [0.5, 0.6) is 17.4 Å². The molecule has 11 nitrogen and oxygen atoms in total. The Bertz CT molecular complexity index is 1990. The molecule has 0 spiro atoms. The summed E-state index contributed by atoms with van der Waals surface area (Å²) in [6.07, 6.45) is 2.34. The molecule has 1 amide bonds. The fourth-order valence-electron chi connectivity index (χ4n) is 6.64. The molecule has 1 atom stereocenters. The number of methoxy groups -OCH3 is 2. The minimum Gasteiger partial charge on any atom is -0.497 e. The number of aromatic nitrogens is 3. The maximum atomic E-state index is 14.9. The molecule has 4 heterocycles. The van der Waals surface area contributed by atoms with Crippen LogP contribution in [0.1, 0.15) is 23.5 Å². The second kappa shape index (κ2) is 14.3. The third-order valence-electron chi connectivity index (χ3n) is 9.40. The predicted molar refractivity (Wildman–Crippen MR) is 184 cm³/mol. The fourth-order valence-corrected chi connectivity index (χ4v) is 6.64. The van der Waals surface area contributed by atoms with Gasteiger partial charge in [0.05, 0.1) is 51.0 Å². The van der Waals surface area contributed by atoms with Crippen molar-refractivity contribution >= 4 is 28.3 Å². The number of carbonyl (C=O) groups excluding carboxylic acids is 1. The first-order valence-electron chi connectivity index (χ1n) is 16.5. The zero-order chi connectivity index (χ0) is 34.8. The van der Waals surface area contributed by atoms with Crippen LogP contribution in [0.4, 0.5) is 20.3 Å². The number of hydrogen-bond donors (Lipinski definition) is 2. The molecule has 50 heavy (non-hydrogen) atoms. The van der Waals surface area contributed by atoms with Crippen molar-refractivity contribution in [1.29, 1.82) is 0 Å². The molecule has 260 valence electrons. The van der Waals surface area contributed by atoms with Gasteiger partial charge in [-0.2, -0.15) is 0 Å². The van der Waals surface area contributed by atoms with Crippen LogP contribution in [0.2, 0.25) is 0 Å². The number of likely N-dealkylation sites (tertiary alicyclic amines) is 1. The standard InChI is InChI=1S/C37H38F2N6O5/c1-48-26-11-8-24(31(20-26)49-2)21-45-22-30-33(37(45)47)35(42-34(41-30)32-28(38)4-3-5-29(32)39)40-25-9-6-23(7-10-25)27-12-13-44(36(27)46)15-14-43-16-18-50-19-17-43/h3-11,20,22,27,47H,12-19,21H2,1-2H3,(H,40,41,42). The largest absolute Gasteiger partial charge is 0.497 e. The molecule has 2 aliphatic heterocycles. The number of ether oxygens (including phenoxy) is 3. The number of carbonyl (C=O) groups is 1. The van der Waals surface area contributed by atoms with Gasteiger partial charge in [0.1, 0.15) is 34.3 Å². The van der Waals surface area contributed by atoms with Gasteiger partial charge in [-0.05, 0) is 48.4 Å². The van der Waals surface area contributed by atoms with Gasteiger partial charge in [0.15, 0.2) is 5.82 Å². The highest BCUT2D eigenvalue weighted by molar-refractivity contribution is 5.97. The van der Waals surface area contributed by atoms with Gasteiger partial charge in [-0.3, -0.25) is 9.69 Å². The van der Waals surface area contributed by atoms with Gasteiger partial charge < -0.3 is 34.1 Å². The van der Waals surface area contributed by atoms with Gasteiger partial charge in [-0.1, -0.05) is 18.2 Å². The lowest BCUT2D eigenvalue weighted by Crippen LogP contribution is -2.42. The summed E-state index contributed by atoms with van der Waals surface area (Å²) in [5, 5.41) is 15.0. The van der Waals surface area contributed by atoms with E-state index >= 15 is 0 Å². The number of morpholine rings is 1. The van der Waals surface area contributed by atoms with E-state index in [0.717, 1.165) is 62.5 Å². The Hall–Kier alpha value is -5.27. The summed E-state index contributed by atoms with van der Waals surface area (Å²) < 4.78 is 47.7. The molecule has 3 aromatic carbocycles. The van der Waals surface area contributed by atoms with E-state index < -0.39 is 11.6 Å². The van der Waals surface area contributed by atoms with Crippen LogP contribution >= 0.6 is 0 Å². The number of nitrogens with zero attached hydrogens (tertiary/aromatic N) is 5. The molecule has 0 bridgehead atoms. The van der Waals surface area contributed by atoms with E-state index in [4.69, 9.17) is 14.2 Å². The Morgan fingerprint density at radius 1 is 0.960 bits per heavy atom. The highest BCUT2D eigenvalue weighted by atomic mass is 19.1. The van der Waals surface area contributed by atoms with Crippen molar-refractivity contribution < 1.29 is 32.9 Å².